The molecule has 8 aromatic rings. The highest BCUT2D eigenvalue weighted by Crippen LogP contribution is 2.39. The van der Waals surface area contributed by atoms with Gasteiger partial charge in [0.2, 0.25) is 0 Å². The fourth-order valence-corrected chi connectivity index (χ4v) is 6.62. The van der Waals surface area contributed by atoms with Crippen molar-refractivity contribution in [2.75, 3.05) is 0 Å². The summed E-state index contributed by atoms with van der Waals surface area (Å²) < 4.78 is 9.69. The van der Waals surface area contributed by atoms with E-state index in [1.54, 1.807) is 11.3 Å². The Morgan fingerprint density at radius 1 is 0.737 bits per heavy atom. The van der Waals surface area contributed by atoms with Crippen molar-refractivity contribution < 1.29 is 4.42 Å². The smallest absolute Gasteiger partial charge is 0.135 e. The number of para-hydroxylation sites is 1. The molecule has 3 heterocycles. The molecule has 0 aliphatic heterocycles. The van der Waals surface area contributed by atoms with Gasteiger partial charge in [-0.05, 0) is 107 Å². The number of aryl methyl sites for hydroxylation is 1. The molecule has 0 saturated heterocycles. The van der Waals surface area contributed by atoms with Crippen molar-refractivity contribution in [2.24, 2.45) is 0 Å². The van der Waals surface area contributed by atoms with Gasteiger partial charge in [0, 0.05) is 31.9 Å². The van der Waals surface area contributed by atoms with Crippen molar-refractivity contribution >= 4 is 65.2 Å². The molecule has 0 atom stereocenters. The van der Waals surface area contributed by atoms with Crippen LogP contribution in [0.15, 0.2) is 107 Å². The van der Waals surface area contributed by atoms with E-state index < -0.39 is 0 Å². The topological polar surface area (TPSA) is 41.9 Å². The van der Waals surface area contributed by atoms with Gasteiger partial charge in [-0.1, -0.05) is 24.3 Å². The van der Waals surface area contributed by atoms with Gasteiger partial charge in [-0.25, -0.2) is 0 Å². The Hall–Kier alpha value is -4.85. The molecule has 0 fully saturated rings. The number of hydrogen-bond acceptors (Lipinski definition) is 3. The molecular weight excluding hydrogens is 484 g/mol. The molecule has 4 heteroatoms. The third-order valence-corrected chi connectivity index (χ3v) is 8.48. The largest absolute Gasteiger partial charge is 0.456 e. The normalized spacial score (nSPS) is 11.8. The molecule has 8 rings (SSSR count). The average molecular weight is 505 g/mol. The molecule has 38 heavy (non-hydrogen) atoms. The minimum absolute atomic E-state index is 0.666. The molecule has 0 saturated carbocycles. The highest BCUT2D eigenvalue weighted by atomic mass is 32.1. The molecular formula is C34H20N2OS. The number of furan rings is 1. The second-order valence-electron chi connectivity index (χ2n) is 9.82. The van der Waals surface area contributed by atoms with Crippen LogP contribution in [0, 0.1) is 18.3 Å². The Labute approximate surface area is 222 Å². The molecule has 0 unspecified atom stereocenters. The maximum absolute atomic E-state index is 9.68. The van der Waals surface area contributed by atoms with E-state index in [1.807, 2.05) is 24.3 Å². The van der Waals surface area contributed by atoms with Gasteiger partial charge in [0.25, 0.3) is 0 Å². The zero-order chi connectivity index (χ0) is 25.4. The van der Waals surface area contributed by atoms with E-state index in [-0.39, 0.29) is 0 Å². The third kappa shape index (κ3) is 3.00. The Kier molecular flexibility index (Phi) is 4.38. The van der Waals surface area contributed by atoms with Gasteiger partial charge < -0.3 is 8.98 Å². The first kappa shape index (κ1) is 21.3. The van der Waals surface area contributed by atoms with Gasteiger partial charge in [-0.3, -0.25) is 0 Å². The predicted molar refractivity (Wildman–Crippen MR) is 158 cm³/mol. The number of nitrogens with zero attached hydrogens (tertiary/aromatic N) is 2. The SMILES string of the molecule is Cc1cc(-c2ccc3oc4ccccc4c3c2)cc2c3cc(C#N)ccc3n(-c3ccc4sccc4c3)c12. The summed E-state index contributed by atoms with van der Waals surface area (Å²) in [5.74, 6) is 0. The van der Waals surface area contributed by atoms with Crippen LogP contribution in [0.2, 0.25) is 0 Å². The van der Waals surface area contributed by atoms with E-state index in [0.29, 0.717) is 5.56 Å². The zero-order valence-corrected chi connectivity index (χ0v) is 21.3. The standard InChI is InChI=1S/C34H20N2OS/c1-20-14-24(22-7-10-32-28(17-22)26-4-2-3-5-31(26)37-32)18-29-27-15-21(19-35)6-9-30(27)36(34(20)29)25-8-11-33-23(16-25)12-13-38-33/h2-18H,1H3. The van der Waals surface area contributed by atoms with Gasteiger partial charge in [0.05, 0.1) is 22.7 Å². The number of benzene rings is 5. The van der Waals surface area contributed by atoms with E-state index in [4.69, 9.17) is 4.42 Å². The molecule has 0 aliphatic carbocycles. The first-order valence-corrected chi connectivity index (χ1v) is 13.4. The van der Waals surface area contributed by atoms with Gasteiger partial charge in [-0.15, -0.1) is 11.3 Å². The molecule has 0 spiro atoms. The van der Waals surface area contributed by atoms with Gasteiger partial charge in [0.15, 0.2) is 0 Å². The lowest BCUT2D eigenvalue weighted by molar-refractivity contribution is 0.669. The molecule has 178 valence electrons. The number of rotatable bonds is 2. The zero-order valence-electron chi connectivity index (χ0n) is 20.5. The molecule has 0 amide bonds. The monoisotopic (exact) mass is 504 g/mol. The van der Waals surface area contributed by atoms with Crippen LogP contribution >= 0.6 is 11.3 Å². The summed E-state index contributed by atoms with van der Waals surface area (Å²) in [6.07, 6.45) is 0. The fraction of sp³-hybridized carbons (Fsp3) is 0.0294. The molecule has 0 bridgehead atoms. The van der Waals surface area contributed by atoms with E-state index in [9.17, 15) is 5.26 Å². The van der Waals surface area contributed by atoms with Crippen LogP contribution in [0.5, 0.6) is 0 Å². The lowest BCUT2D eigenvalue weighted by Gasteiger charge is -2.11. The molecule has 3 aromatic heterocycles. The van der Waals surface area contributed by atoms with Crippen molar-refractivity contribution in [3.05, 3.63) is 114 Å². The van der Waals surface area contributed by atoms with E-state index in [0.717, 1.165) is 55.0 Å². The number of thiophene rings is 1. The highest BCUT2D eigenvalue weighted by Gasteiger charge is 2.17. The Morgan fingerprint density at radius 3 is 2.53 bits per heavy atom. The summed E-state index contributed by atoms with van der Waals surface area (Å²) in [5.41, 5.74) is 9.35. The Morgan fingerprint density at radius 2 is 1.61 bits per heavy atom. The van der Waals surface area contributed by atoms with Crippen molar-refractivity contribution in [2.45, 2.75) is 6.92 Å². The second kappa shape index (κ2) is 7.82. The van der Waals surface area contributed by atoms with E-state index in [2.05, 4.69) is 95.7 Å². The summed E-state index contributed by atoms with van der Waals surface area (Å²) in [4.78, 5) is 0. The fourth-order valence-electron chi connectivity index (χ4n) is 5.85. The van der Waals surface area contributed by atoms with Crippen LogP contribution in [0.25, 0.3) is 70.6 Å². The van der Waals surface area contributed by atoms with Crippen LogP contribution < -0.4 is 0 Å². The van der Waals surface area contributed by atoms with Crippen molar-refractivity contribution in [3.8, 4) is 22.9 Å². The van der Waals surface area contributed by atoms with E-state index >= 15 is 0 Å². The van der Waals surface area contributed by atoms with Crippen molar-refractivity contribution in [1.29, 1.82) is 5.26 Å². The van der Waals surface area contributed by atoms with Gasteiger partial charge >= 0.3 is 0 Å². The first-order chi connectivity index (χ1) is 18.7. The summed E-state index contributed by atoms with van der Waals surface area (Å²) in [6.45, 7) is 2.18. The Balaban J connectivity index is 1.42. The average Bonchev–Trinajstić information content (AvgIpc) is 3.65. The quantitative estimate of drug-likeness (QED) is 0.235. The minimum Gasteiger partial charge on any atom is -0.456 e. The molecule has 5 aromatic carbocycles. The van der Waals surface area contributed by atoms with Gasteiger partial charge in [0.1, 0.15) is 11.2 Å². The molecule has 0 aliphatic rings. The minimum atomic E-state index is 0.666. The third-order valence-electron chi connectivity index (χ3n) is 7.59. The highest BCUT2D eigenvalue weighted by molar-refractivity contribution is 7.17. The molecule has 0 N–H and O–H groups in total. The first-order valence-electron chi connectivity index (χ1n) is 12.6. The number of fused-ring (bicyclic) bond motifs is 7. The lowest BCUT2D eigenvalue weighted by Crippen LogP contribution is -1.95. The summed E-state index contributed by atoms with van der Waals surface area (Å²) in [6, 6.07) is 36.3. The number of hydrogen-bond donors (Lipinski definition) is 0. The van der Waals surface area contributed by atoms with E-state index in [1.165, 1.54) is 21.2 Å². The summed E-state index contributed by atoms with van der Waals surface area (Å²) in [7, 11) is 0. The lowest BCUT2D eigenvalue weighted by atomic mass is 9.98. The maximum atomic E-state index is 9.68. The maximum Gasteiger partial charge on any atom is 0.135 e. The van der Waals surface area contributed by atoms with Crippen molar-refractivity contribution in [3.63, 3.8) is 0 Å². The number of aromatic nitrogens is 1. The van der Waals surface area contributed by atoms with Gasteiger partial charge in [-0.2, -0.15) is 5.26 Å². The molecule has 3 nitrogen and oxygen atoms in total. The summed E-state index contributed by atoms with van der Waals surface area (Å²) in [5, 5.41) is 17.5. The van der Waals surface area contributed by atoms with Crippen LogP contribution in [0.3, 0.4) is 0 Å². The van der Waals surface area contributed by atoms with Crippen LogP contribution in [-0.4, -0.2) is 4.57 Å². The van der Waals surface area contributed by atoms with Crippen LogP contribution in [0.4, 0.5) is 0 Å². The predicted octanol–water partition coefficient (Wildman–Crippen LogP) is 9.74. The van der Waals surface area contributed by atoms with Crippen molar-refractivity contribution in [1.82, 2.24) is 4.57 Å². The van der Waals surface area contributed by atoms with Crippen LogP contribution in [0.1, 0.15) is 11.1 Å². The van der Waals surface area contributed by atoms with Crippen LogP contribution in [-0.2, 0) is 0 Å². The molecule has 0 radical (unpaired) electrons. The summed E-state index contributed by atoms with van der Waals surface area (Å²) >= 11 is 1.76. The Bertz CT molecular complexity index is 2270. The number of nitriles is 1. The second-order valence-corrected chi connectivity index (χ2v) is 10.8.